The topological polar surface area (TPSA) is 58.6 Å². The van der Waals surface area contributed by atoms with Crippen LogP contribution in [0.25, 0.3) is 0 Å². The normalized spacial score (nSPS) is 19.6. The van der Waals surface area contributed by atoms with Crippen molar-refractivity contribution in [1.82, 2.24) is 5.32 Å². The van der Waals surface area contributed by atoms with Crippen LogP contribution in [0.1, 0.15) is 65.7 Å². The first-order chi connectivity index (χ1) is 8.92. The molecule has 0 aromatic carbocycles. The van der Waals surface area contributed by atoms with Gasteiger partial charge in [-0.1, -0.05) is 25.7 Å². The zero-order valence-corrected chi connectivity index (χ0v) is 12.6. The third-order valence-corrected chi connectivity index (χ3v) is 3.61. The smallest absolute Gasteiger partial charge is 0.407 e. The Morgan fingerprint density at radius 1 is 1.26 bits per heavy atom. The van der Waals surface area contributed by atoms with E-state index < -0.39 is 5.60 Å². The summed E-state index contributed by atoms with van der Waals surface area (Å²) in [4.78, 5) is 11.9. The average molecular weight is 271 g/mol. The third kappa shape index (κ3) is 6.81. The molecule has 0 bridgehead atoms. The number of ether oxygens (including phenoxy) is 1. The summed E-state index contributed by atoms with van der Waals surface area (Å²) in [5, 5.41) is 12.1. The van der Waals surface area contributed by atoms with Crippen LogP contribution >= 0.6 is 0 Å². The van der Waals surface area contributed by atoms with Crippen LogP contribution in [0.15, 0.2) is 0 Å². The SMILES string of the molecule is CC(C)(C)OC(=O)NC(CCO)C1CCCCCC1. The van der Waals surface area contributed by atoms with E-state index >= 15 is 0 Å². The van der Waals surface area contributed by atoms with Crippen molar-refractivity contribution in [2.45, 2.75) is 77.4 Å². The lowest BCUT2D eigenvalue weighted by Crippen LogP contribution is -2.43. The fraction of sp³-hybridized carbons (Fsp3) is 0.933. The molecule has 0 radical (unpaired) electrons. The molecule has 0 saturated heterocycles. The third-order valence-electron chi connectivity index (χ3n) is 3.61. The van der Waals surface area contributed by atoms with Gasteiger partial charge in [0.1, 0.15) is 5.60 Å². The number of aliphatic hydroxyl groups is 1. The summed E-state index contributed by atoms with van der Waals surface area (Å²) in [6.07, 6.45) is 7.55. The summed E-state index contributed by atoms with van der Waals surface area (Å²) in [7, 11) is 0. The lowest BCUT2D eigenvalue weighted by Gasteiger charge is -2.28. The minimum atomic E-state index is -0.475. The Kier molecular flexibility index (Phi) is 6.63. The van der Waals surface area contributed by atoms with E-state index in [9.17, 15) is 9.90 Å². The van der Waals surface area contributed by atoms with Gasteiger partial charge in [-0.3, -0.25) is 0 Å². The molecule has 0 aromatic heterocycles. The van der Waals surface area contributed by atoms with Crippen LogP contribution in [0.3, 0.4) is 0 Å². The van der Waals surface area contributed by atoms with Gasteiger partial charge < -0.3 is 15.2 Å². The maximum Gasteiger partial charge on any atom is 0.407 e. The van der Waals surface area contributed by atoms with Gasteiger partial charge in [0.25, 0.3) is 0 Å². The van der Waals surface area contributed by atoms with Crippen LogP contribution in [0.2, 0.25) is 0 Å². The Bertz CT molecular complexity index is 265. The first-order valence-electron chi connectivity index (χ1n) is 7.53. The molecule has 0 aliphatic heterocycles. The maximum atomic E-state index is 11.9. The van der Waals surface area contributed by atoms with Crippen molar-refractivity contribution in [3.63, 3.8) is 0 Å². The second-order valence-corrected chi connectivity index (χ2v) is 6.52. The van der Waals surface area contributed by atoms with Crippen molar-refractivity contribution < 1.29 is 14.6 Å². The second kappa shape index (κ2) is 7.73. The molecule has 1 aliphatic rings. The molecule has 0 spiro atoms. The molecule has 1 amide bonds. The average Bonchev–Trinajstić information content (AvgIpc) is 2.54. The zero-order valence-electron chi connectivity index (χ0n) is 12.6. The summed E-state index contributed by atoms with van der Waals surface area (Å²) < 4.78 is 5.30. The van der Waals surface area contributed by atoms with Crippen LogP contribution < -0.4 is 5.32 Å². The highest BCUT2D eigenvalue weighted by atomic mass is 16.6. The molecular weight excluding hydrogens is 242 g/mol. The van der Waals surface area contributed by atoms with E-state index in [-0.39, 0.29) is 18.7 Å². The molecule has 0 heterocycles. The lowest BCUT2D eigenvalue weighted by molar-refractivity contribution is 0.0471. The minimum Gasteiger partial charge on any atom is -0.444 e. The maximum absolute atomic E-state index is 11.9. The monoisotopic (exact) mass is 271 g/mol. The minimum absolute atomic E-state index is 0.0398. The van der Waals surface area contributed by atoms with E-state index in [1.54, 1.807) is 0 Å². The highest BCUT2D eigenvalue weighted by Gasteiger charge is 2.26. The quantitative estimate of drug-likeness (QED) is 0.772. The first kappa shape index (κ1) is 16.3. The van der Waals surface area contributed by atoms with E-state index in [4.69, 9.17) is 4.74 Å². The Morgan fingerprint density at radius 3 is 2.32 bits per heavy atom. The number of alkyl carbamates (subject to hydrolysis) is 1. The van der Waals surface area contributed by atoms with E-state index in [1.165, 1.54) is 25.7 Å². The van der Waals surface area contributed by atoms with Gasteiger partial charge in [-0.05, 0) is 46.0 Å². The number of hydrogen-bond donors (Lipinski definition) is 2. The van der Waals surface area contributed by atoms with Gasteiger partial charge in [0.15, 0.2) is 0 Å². The van der Waals surface area contributed by atoms with Gasteiger partial charge in [0.2, 0.25) is 0 Å². The molecule has 112 valence electrons. The van der Waals surface area contributed by atoms with Crippen LogP contribution in [0.4, 0.5) is 4.79 Å². The lowest BCUT2D eigenvalue weighted by atomic mass is 9.90. The largest absolute Gasteiger partial charge is 0.444 e. The number of nitrogens with one attached hydrogen (secondary N) is 1. The predicted octanol–water partition coefficient (Wildman–Crippen LogP) is 3.23. The predicted molar refractivity (Wildman–Crippen MR) is 76.1 cm³/mol. The molecule has 2 N–H and O–H groups in total. The fourth-order valence-corrected chi connectivity index (χ4v) is 2.74. The van der Waals surface area contributed by atoms with Crippen LogP contribution in [-0.2, 0) is 4.74 Å². The second-order valence-electron chi connectivity index (χ2n) is 6.52. The number of hydrogen-bond acceptors (Lipinski definition) is 3. The number of carbonyl (C=O) groups is 1. The highest BCUT2D eigenvalue weighted by molar-refractivity contribution is 5.68. The van der Waals surface area contributed by atoms with Gasteiger partial charge in [-0.25, -0.2) is 4.79 Å². The summed E-state index contributed by atoms with van der Waals surface area (Å²) in [6, 6.07) is 0.0398. The van der Waals surface area contributed by atoms with E-state index in [0.717, 1.165) is 12.8 Å². The van der Waals surface area contributed by atoms with Gasteiger partial charge >= 0.3 is 6.09 Å². The molecule has 1 fully saturated rings. The number of rotatable bonds is 4. The van der Waals surface area contributed by atoms with E-state index in [1.807, 2.05) is 20.8 Å². The van der Waals surface area contributed by atoms with Gasteiger partial charge in [-0.2, -0.15) is 0 Å². The number of carbonyl (C=O) groups excluding carboxylic acids is 1. The molecule has 0 aromatic rings. The van der Waals surface area contributed by atoms with Gasteiger partial charge in [-0.15, -0.1) is 0 Å². The van der Waals surface area contributed by atoms with Crippen LogP contribution in [0.5, 0.6) is 0 Å². The van der Waals surface area contributed by atoms with Gasteiger partial charge in [0.05, 0.1) is 0 Å². The molecule has 1 atom stereocenters. The molecule has 19 heavy (non-hydrogen) atoms. The van der Waals surface area contributed by atoms with Crippen LogP contribution in [0, 0.1) is 5.92 Å². The summed E-state index contributed by atoms with van der Waals surface area (Å²) in [6.45, 7) is 5.69. The summed E-state index contributed by atoms with van der Waals surface area (Å²) >= 11 is 0. The Labute approximate surface area is 116 Å². The number of amides is 1. The summed E-state index contributed by atoms with van der Waals surface area (Å²) in [5.74, 6) is 0.474. The van der Waals surface area contributed by atoms with Crippen molar-refractivity contribution in [1.29, 1.82) is 0 Å². The zero-order chi connectivity index (χ0) is 14.3. The van der Waals surface area contributed by atoms with Crippen molar-refractivity contribution in [2.24, 2.45) is 5.92 Å². The molecule has 1 aliphatic carbocycles. The first-order valence-corrected chi connectivity index (χ1v) is 7.53. The van der Waals surface area contributed by atoms with Crippen molar-refractivity contribution >= 4 is 6.09 Å². The molecule has 1 unspecified atom stereocenters. The Balaban J connectivity index is 2.53. The van der Waals surface area contributed by atoms with Crippen molar-refractivity contribution in [2.75, 3.05) is 6.61 Å². The molecular formula is C15H29NO3. The summed E-state index contributed by atoms with van der Waals surface area (Å²) in [5.41, 5.74) is -0.475. The number of aliphatic hydroxyl groups excluding tert-OH is 1. The highest BCUT2D eigenvalue weighted by Crippen LogP contribution is 2.27. The Hall–Kier alpha value is -0.770. The molecule has 4 nitrogen and oxygen atoms in total. The Morgan fingerprint density at radius 2 is 1.84 bits per heavy atom. The van der Waals surface area contributed by atoms with Crippen molar-refractivity contribution in [3.05, 3.63) is 0 Å². The standard InChI is InChI=1S/C15H29NO3/c1-15(2,3)19-14(18)16-13(10-11-17)12-8-6-4-5-7-9-12/h12-13,17H,4-11H2,1-3H3,(H,16,18). The van der Waals surface area contributed by atoms with E-state index in [0.29, 0.717) is 12.3 Å². The molecule has 1 rings (SSSR count). The molecule has 4 heteroatoms. The fourth-order valence-electron chi connectivity index (χ4n) is 2.74. The van der Waals surface area contributed by atoms with Crippen molar-refractivity contribution in [3.8, 4) is 0 Å². The van der Waals surface area contributed by atoms with E-state index in [2.05, 4.69) is 5.32 Å². The van der Waals surface area contributed by atoms with Gasteiger partial charge in [0, 0.05) is 12.6 Å². The van der Waals surface area contributed by atoms with Crippen LogP contribution in [-0.4, -0.2) is 29.4 Å². The molecule has 1 saturated carbocycles.